The summed E-state index contributed by atoms with van der Waals surface area (Å²) >= 11 is 3.87. The molecule has 0 bridgehead atoms. The monoisotopic (exact) mass is 387 g/mol. The number of hydrogen-bond acceptors (Lipinski definition) is 6. The molecule has 0 radical (unpaired) electrons. The van der Waals surface area contributed by atoms with Crippen LogP contribution in [0.2, 0.25) is 0 Å². The fraction of sp³-hybridized carbons (Fsp3) is 0.600. The van der Waals surface area contributed by atoms with Gasteiger partial charge in [-0.3, -0.25) is 19.2 Å². The Morgan fingerprint density at radius 3 is 2.09 bits per heavy atom. The second-order valence-corrected chi connectivity index (χ2v) is 4.26. The average molecular weight is 388 g/mol. The van der Waals surface area contributed by atoms with Gasteiger partial charge in [-0.05, 0) is 6.42 Å². The number of nitrogens with two attached hydrogens (primary N) is 1. The number of aliphatic carboxylic acids is 2. The molecule has 0 fully saturated rings. The second-order valence-electron chi connectivity index (χ2n) is 3.90. The zero-order valence-electron chi connectivity index (χ0n) is 10.5. The van der Waals surface area contributed by atoms with Gasteiger partial charge in [-0.1, -0.05) is 0 Å². The molecule has 6 N–H and O–H groups in total. The van der Waals surface area contributed by atoms with Crippen LogP contribution in [0.15, 0.2) is 0 Å². The van der Waals surface area contributed by atoms with Gasteiger partial charge in [-0.25, -0.2) is 0 Å². The molecule has 0 aliphatic rings. The molecule has 2 amide bonds. The maximum atomic E-state index is 11.5. The maximum absolute atomic E-state index is 11.5. The molecule has 0 heterocycles. The van der Waals surface area contributed by atoms with Gasteiger partial charge in [0.1, 0.15) is 18.6 Å². The average Bonchev–Trinajstić information content (AvgIpc) is 2.38. The van der Waals surface area contributed by atoms with Crippen molar-refractivity contribution in [2.45, 2.75) is 24.9 Å². The fourth-order valence-corrected chi connectivity index (χ4v) is 1.41. The number of rotatable bonds is 9. The van der Waals surface area contributed by atoms with Crippen LogP contribution in [-0.2, 0) is 19.2 Å². The Kier molecular flexibility index (Phi) is 20.5. The van der Waals surface area contributed by atoms with Crippen molar-refractivity contribution in [3.8, 4) is 0 Å². The van der Waals surface area contributed by atoms with Crippen molar-refractivity contribution < 1.29 is 29.4 Å². The van der Waals surface area contributed by atoms with Crippen LogP contribution < -0.4 is 16.4 Å². The van der Waals surface area contributed by atoms with Crippen molar-refractivity contribution in [2.24, 2.45) is 5.73 Å². The van der Waals surface area contributed by atoms with E-state index in [4.69, 9.17) is 15.9 Å². The predicted octanol–water partition coefficient (Wildman–Crippen LogP) is -3.50. The van der Waals surface area contributed by atoms with Crippen molar-refractivity contribution in [1.29, 1.82) is 0 Å². The predicted molar refractivity (Wildman–Crippen MR) is 85.6 cm³/mol. The summed E-state index contributed by atoms with van der Waals surface area (Å²) in [6, 6.07) is -2.15. The van der Waals surface area contributed by atoms with Crippen molar-refractivity contribution in [3.63, 3.8) is 0 Å². The van der Waals surface area contributed by atoms with Crippen LogP contribution in [0.3, 0.4) is 0 Å². The van der Waals surface area contributed by atoms with Gasteiger partial charge in [0.2, 0.25) is 11.8 Å². The molecule has 0 rings (SSSR count). The Labute approximate surface area is 218 Å². The molecule has 0 aromatic carbocycles. The van der Waals surface area contributed by atoms with Gasteiger partial charge in [0.25, 0.3) is 0 Å². The number of carbonyl (C=O) groups is 4. The van der Waals surface area contributed by atoms with Gasteiger partial charge in [0.15, 0.2) is 0 Å². The van der Waals surface area contributed by atoms with E-state index in [0.717, 1.165) is 0 Å². The second kappa shape index (κ2) is 16.0. The number of carboxylic acids is 2. The van der Waals surface area contributed by atoms with E-state index in [1.165, 1.54) is 0 Å². The molecule has 22 heavy (non-hydrogen) atoms. The Balaban J connectivity index is -0.00000180. The summed E-state index contributed by atoms with van der Waals surface area (Å²) in [5.41, 5.74) is 5.23. The number of thiol groups is 1. The number of carbonyl (C=O) groups excluding carboxylic acids is 2. The molecule has 0 saturated carbocycles. The molecule has 118 valence electrons. The molecular weight excluding hydrogens is 368 g/mol. The standard InChI is InChI=1S/C10H17N3O6S.2K.2H/c11-5(10(18)19)1-2-7(14)13-6(4-20)9(17)12-3-8(15)16;;;;/h5-6,20H,1-4,11H2,(H,12,17)(H,13,14)(H,15,16)(H,18,19);;;;/t5-,6-;;;;/m0..../s1. The zero-order chi connectivity index (χ0) is 15.7. The van der Waals surface area contributed by atoms with E-state index in [2.05, 4.69) is 23.3 Å². The first-order chi connectivity index (χ1) is 9.27. The van der Waals surface area contributed by atoms with Gasteiger partial charge < -0.3 is 26.6 Å². The van der Waals surface area contributed by atoms with Crippen LogP contribution >= 0.6 is 12.6 Å². The first-order valence-electron chi connectivity index (χ1n) is 5.66. The van der Waals surface area contributed by atoms with Crippen molar-refractivity contribution >= 4 is 139 Å². The molecule has 2 atom stereocenters. The third-order valence-corrected chi connectivity index (χ3v) is 2.61. The van der Waals surface area contributed by atoms with E-state index in [0.29, 0.717) is 0 Å². The molecule has 0 aliphatic heterocycles. The fourth-order valence-electron chi connectivity index (χ4n) is 1.16. The summed E-state index contributed by atoms with van der Waals surface area (Å²) in [6.07, 6.45) is -0.235. The van der Waals surface area contributed by atoms with Crippen LogP contribution in [0.25, 0.3) is 0 Å². The summed E-state index contributed by atoms with van der Waals surface area (Å²) in [5.74, 6) is -3.70. The number of carboxylic acid groups (broad SMARTS) is 2. The van der Waals surface area contributed by atoms with Crippen LogP contribution in [0.5, 0.6) is 0 Å². The van der Waals surface area contributed by atoms with Gasteiger partial charge in [-0.15, -0.1) is 0 Å². The summed E-state index contributed by atoms with van der Waals surface area (Å²) in [7, 11) is 0. The van der Waals surface area contributed by atoms with E-state index in [1.807, 2.05) is 0 Å². The third-order valence-electron chi connectivity index (χ3n) is 2.25. The van der Waals surface area contributed by atoms with Gasteiger partial charge in [0, 0.05) is 12.2 Å². The SMILES string of the molecule is N[C@@H](CCC(=O)N[C@@H](CS)C(=O)NCC(=O)O)C(=O)O.[KH].[KH]. The Hall–Kier alpha value is 1.46. The van der Waals surface area contributed by atoms with Crippen LogP contribution in [-0.4, -0.2) is 161 Å². The number of nitrogens with one attached hydrogen (secondary N) is 2. The van der Waals surface area contributed by atoms with Gasteiger partial charge in [0.05, 0.1) is 0 Å². The first kappa shape index (κ1) is 28.3. The molecule has 12 heteroatoms. The summed E-state index contributed by atoms with van der Waals surface area (Å²) < 4.78 is 0. The molecule has 9 nitrogen and oxygen atoms in total. The number of amides is 2. The Morgan fingerprint density at radius 1 is 1.14 bits per heavy atom. The van der Waals surface area contributed by atoms with Gasteiger partial charge >= 0.3 is 115 Å². The van der Waals surface area contributed by atoms with Crippen LogP contribution in [0, 0.1) is 0 Å². The molecular formula is C10H19K2N3O6S. The van der Waals surface area contributed by atoms with Crippen LogP contribution in [0.1, 0.15) is 12.8 Å². The minimum absolute atomic E-state index is 0. The topological polar surface area (TPSA) is 159 Å². The van der Waals surface area contributed by atoms with Crippen molar-refractivity contribution in [2.75, 3.05) is 12.3 Å². The zero-order valence-corrected chi connectivity index (χ0v) is 11.4. The third kappa shape index (κ3) is 13.9. The molecule has 0 unspecified atom stereocenters. The normalized spacial score (nSPS) is 11.9. The van der Waals surface area contributed by atoms with E-state index < -0.39 is 42.4 Å². The molecule has 0 aromatic heterocycles. The summed E-state index contributed by atoms with van der Waals surface area (Å²) in [6.45, 7) is -0.567. The van der Waals surface area contributed by atoms with E-state index in [9.17, 15) is 19.2 Å². The van der Waals surface area contributed by atoms with Crippen molar-refractivity contribution in [1.82, 2.24) is 10.6 Å². The molecule has 0 aromatic rings. The molecule has 0 saturated heterocycles. The Morgan fingerprint density at radius 2 is 1.68 bits per heavy atom. The molecule has 0 aliphatic carbocycles. The van der Waals surface area contributed by atoms with E-state index >= 15 is 0 Å². The number of hydrogen-bond donors (Lipinski definition) is 6. The Bertz CT molecular complexity index is 399. The quantitative estimate of drug-likeness (QED) is 0.177. The van der Waals surface area contributed by atoms with Crippen LogP contribution in [0.4, 0.5) is 0 Å². The summed E-state index contributed by atoms with van der Waals surface area (Å²) in [4.78, 5) is 43.7. The van der Waals surface area contributed by atoms with E-state index in [-0.39, 0.29) is 121 Å². The minimum atomic E-state index is -1.22. The summed E-state index contributed by atoms with van der Waals surface area (Å²) in [5, 5.41) is 21.4. The van der Waals surface area contributed by atoms with Crippen molar-refractivity contribution in [3.05, 3.63) is 0 Å². The van der Waals surface area contributed by atoms with E-state index in [1.54, 1.807) is 0 Å². The van der Waals surface area contributed by atoms with Gasteiger partial charge in [-0.2, -0.15) is 12.6 Å². The molecule has 0 spiro atoms. The first-order valence-corrected chi connectivity index (χ1v) is 6.29.